The highest BCUT2D eigenvalue weighted by Crippen LogP contribution is 2.22. The lowest BCUT2D eigenvalue weighted by Gasteiger charge is -2.37. The summed E-state index contributed by atoms with van der Waals surface area (Å²) >= 11 is 0. The summed E-state index contributed by atoms with van der Waals surface area (Å²) in [4.78, 5) is 31.4. The van der Waals surface area contributed by atoms with E-state index < -0.39 is 12.1 Å². The number of aromatic nitrogens is 2. The lowest BCUT2D eigenvalue weighted by molar-refractivity contribution is -0.173. The van der Waals surface area contributed by atoms with Crippen molar-refractivity contribution >= 4 is 11.8 Å². The van der Waals surface area contributed by atoms with Crippen molar-refractivity contribution < 1.29 is 22.8 Å². The zero-order valence-corrected chi connectivity index (χ0v) is 17.3. The van der Waals surface area contributed by atoms with Crippen molar-refractivity contribution in [2.75, 3.05) is 26.7 Å². The van der Waals surface area contributed by atoms with Gasteiger partial charge in [-0.2, -0.15) is 13.2 Å². The molecule has 1 aromatic heterocycles. The number of hydrogen-bond donors (Lipinski definition) is 1. The van der Waals surface area contributed by atoms with Gasteiger partial charge in [0.25, 0.3) is 0 Å². The maximum absolute atomic E-state index is 12.9. The molecule has 0 aliphatic carbocycles. The largest absolute Gasteiger partial charge is 0.471 e. The smallest absolute Gasteiger partial charge is 0.347 e. The maximum atomic E-state index is 12.9. The van der Waals surface area contributed by atoms with Crippen molar-refractivity contribution in [3.8, 4) is 5.69 Å². The molecule has 0 radical (unpaired) electrons. The third-order valence-corrected chi connectivity index (χ3v) is 5.39. The summed E-state index contributed by atoms with van der Waals surface area (Å²) in [6.45, 7) is 1.16. The Kier molecular flexibility index (Phi) is 7.32. The molecule has 7 nitrogen and oxygen atoms in total. The zero-order chi connectivity index (χ0) is 22.4. The van der Waals surface area contributed by atoms with Crippen LogP contribution in [0.1, 0.15) is 24.8 Å². The van der Waals surface area contributed by atoms with Crippen molar-refractivity contribution in [1.82, 2.24) is 24.7 Å². The van der Waals surface area contributed by atoms with Crippen molar-refractivity contribution in [1.29, 1.82) is 0 Å². The molecular weight excluding hydrogens is 411 g/mol. The fourth-order valence-corrected chi connectivity index (χ4v) is 3.68. The summed E-state index contributed by atoms with van der Waals surface area (Å²) in [6, 6.07) is 7.69. The molecule has 1 unspecified atom stereocenters. The predicted molar refractivity (Wildman–Crippen MR) is 108 cm³/mol. The Bertz CT molecular complexity index is 868. The summed E-state index contributed by atoms with van der Waals surface area (Å²) in [5.41, 5.74) is 2.07. The first-order valence-electron chi connectivity index (χ1n) is 10.2. The Labute approximate surface area is 178 Å². The maximum Gasteiger partial charge on any atom is 0.471 e. The summed E-state index contributed by atoms with van der Waals surface area (Å²) in [5.74, 6) is -2.14. The van der Waals surface area contributed by atoms with Crippen LogP contribution in [0.15, 0.2) is 43.0 Å². The van der Waals surface area contributed by atoms with E-state index in [1.807, 2.05) is 35.0 Å². The van der Waals surface area contributed by atoms with Gasteiger partial charge in [0.05, 0.1) is 12.4 Å². The molecule has 2 heterocycles. The predicted octanol–water partition coefficient (Wildman–Crippen LogP) is 2.36. The molecule has 0 spiro atoms. The standard InChI is InChI=1S/C21H26F3N5O2/c1-27(12-10-26-20(31)21(22,23)24)19(30)18-4-2-3-11-28(18)14-16-5-7-17(8-6-16)29-13-9-25-15-29/h5-9,13,15,18H,2-4,10-12,14H2,1H3,(H,26,31). The summed E-state index contributed by atoms with van der Waals surface area (Å²) < 4.78 is 38.8. The van der Waals surface area contributed by atoms with Crippen LogP contribution in [0.2, 0.25) is 0 Å². The van der Waals surface area contributed by atoms with Gasteiger partial charge in [0.2, 0.25) is 5.91 Å². The molecule has 1 aliphatic heterocycles. The molecule has 168 valence electrons. The van der Waals surface area contributed by atoms with E-state index in [2.05, 4.69) is 9.88 Å². The molecule has 1 saturated heterocycles. The first-order chi connectivity index (χ1) is 14.8. The van der Waals surface area contributed by atoms with Crippen LogP contribution in [0.5, 0.6) is 0 Å². The third kappa shape index (κ3) is 6.06. The summed E-state index contributed by atoms with van der Waals surface area (Å²) in [7, 11) is 1.55. The zero-order valence-electron chi connectivity index (χ0n) is 17.3. The lowest BCUT2D eigenvalue weighted by atomic mass is 10.00. The average Bonchev–Trinajstić information content (AvgIpc) is 3.28. The van der Waals surface area contributed by atoms with Crippen LogP contribution in [0.3, 0.4) is 0 Å². The number of carbonyl (C=O) groups excluding carboxylic acids is 2. The molecule has 0 saturated carbocycles. The van der Waals surface area contributed by atoms with E-state index in [-0.39, 0.29) is 25.0 Å². The topological polar surface area (TPSA) is 70.5 Å². The first kappa shape index (κ1) is 22.8. The van der Waals surface area contributed by atoms with Crippen molar-refractivity contribution in [2.24, 2.45) is 0 Å². The van der Waals surface area contributed by atoms with E-state index in [1.165, 1.54) is 4.90 Å². The Morgan fingerprint density at radius 1 is 1.23 bits per heavy atom. The number of piperidine rings is 1. The number of rotatable bonds is 7. The quantitative estimate of drug-likeness (QED) is 0.722. The van der Waals surface area contributed by atoms with Gasteiger partial charge in [-0.1, -0.05) is 18.6 Å². The highest BCUT2D eigenvalue weighted by Gasteiger charge is 2.38. The first-order valence-corrected chi connectivity index (χ1v) is 10.2. The van der Waals surface area contributed by atoms with Gasteiger partial charge in [-0.05, 0) is 37.1 Å². The number of likely N-dealkylation sites (N-methyl/N-ethyl adjacent to an activating group) is 1. The number of carbonyl (C=O) groups is 2. The van der Waals surface area contributed by atoms with E-state index in [0.29, 0.717) is 13.0 Å². The van der Waals surface area contributed by atoms with Crippen LogP contribution < -0.4 is 5.32 Å². The highest BCUT2D eigenvalue weighted by atomic mass is 19.4. The molecule has 1 N–H and O–H groups in total. The summed E-state index contributed by atoms with van der Waals surface area (Å²) in [5, 5.41) is 1.80. The Morgan fingerprint density at radius 3 is 2.61 bits per heavy atom. The fraction of sp³-hybridized carbons (Fsp3) is 0.476. The van der Waals surface area contributed by atoms with Crippen molar-refractivity contribution in [3.63, 3.8) is 0 Å². The Hall–Kier alpha value is -2.88. The number of halogens is 3. The molecule has 1 fully saturated rings. The van der Waals surface area contributed by atoms with E-state index in [0.717, 1.165) is 30.6 Å². The van der Waals surface area contributed by atoms with Gasteiger partial charge in [-0.15, -0.1) is 0 Å². The second kappa shape index (κ2) is 9.95. The SMILES string of the molecule is CN(CCNC(=O)C(F)(F)F)C(=O)C1CCCCN1Cc1ccc(-n2ccnc2)cc1. The molecule has 1 atom stereocenters. The van der Waals surface area contributed by atoms with E-state index in [9.17, 15) is 22.8 Å². The number of amides is 2. The number of imidazole rings is 1. The lowest BCUT2D eigenvalue weighted by Crippen LogP contribution is -2.51. The second-order valence-corrected chi connectivity index (χ2v) is 7.63. The minimum atomic E-state index is -4.92. The van der Waals surface area contributed by atoms with Gasteiger partial charge in [-0.25, -0.2) is 4.98 Å². The van der Waals surface area contributed by atoms with Gasteiger partial charge < -0.3 is 14.8 Å². The molecule has 0 bridgehead atoms. The molecule has 3 rings (SSSR count). The molecule has 10 heteroatoms. The van der Waals surface area contributed by atoms with Crippen molar-refractivity contribution in [2.45, 2.75) is 38.0 Å². The molecule has 1 aromatic carbocycles. The van der Waals surface area contributed by atoms with Gasteiger partial charge in [-0.3, -0.25) is 14.5 Å². The Morgan fingerprint density at radius 2 is 1.97 bits per heavy atom. The third-order valence-electron chi connectivity index (χ3n) is 5.39. The van der Waals surface area contributed by atoms with Crippen LogP contribution in [0.25, 0.3) is 5.69 Å². The average molecular weight is 437 g/mol. The number of nitrogens with zero attached hydrogens (tertiary/aromatic N) is 4. The van der Waals surface area contributed by atoms with Crippen LogP contribution in [0.4, 0.5) is 13.2 Å². The van der Waals surface area contributed by atoms with Crippen LogP contribution in [-0.2, 0) is 16.1 Å². The van der Waals surface area contributed by atoms with Crippen molar-refractivity contribution in [3.05, 3.63) is 48.5 Å². The number of benzene rings is 1. The van der Waals surface area contributed by atoms with Crippen LogP contribution in [-0.4, -0.2) is 70.1 Å². The minimum Gasteiger partial charge on any atom is -0.347 e. The second-order valence-electron chi connectivity index (χ2n) is 7.63. The monoisotopic (exact) mass is 437 g/mol. The molecular formula is C21H26F3N5O2. The molecule has 2 amide bonds. The number of nitrogens with one attached hydrogen (secondary N) is 1. The van der Waals surface area contributed by atoms with Gasteiger partial charge >= 0.3 is 12.1 Å². The van der Waals surface area contributed by atoms with Crippen LogP contribution >= 0.6 is 0 Å². The molecule has 1 aliphatic rings. The van der Waals surface area contributed by atoms with Gasteiger partial charge in [0.15, 0.2) is 0 Å². The number of alkyl halides is 3. The van der Waals surface area contributed by atoms with Gasteiger partial charge in [0.1, 0.15) is 0 Å². The van der Waals surface area contributed by atoms with E-state index in [1.54, 1.807) is 24.9 Å². The summed E-state index contributed by atoms with van der Waals surface area (Å²) in [6.07, 6.45) is 2.99. The fourth-order valence-electron chi connectivity index (χ4n) is 3.68. The van der Waals surface area contributed by atoms with Crippen LogP contribution in [0, 0.1) is 0 Å². The highest BCUT2D eigenvalue weighted by molar-refractivity contribution is 5.82. The number of hydrogen-bond acceptors (Lipinski definition) is 4. The molecule has 31 heavy (non-hydrogen) atoms. The molecule has 2 aromatic rings. The Balaban J connectivity index is 1.56. The van der Waals surface area contributed by atoms with E-state index >= 15 is 0 Å². The van der Waals surface area contributed by atoms with E-state index in [4.69, 9.17) is 0 Å². The van der Waals surface area contributed by atoms with Gasteiger partial charge in [0, 0.05) is 44.8 Å². The normalized spacial score (nSPS) is 17.4. The minimum absolute atomic E-state index is 0.0184. The number of likely N-dealkylation sites (tertiary alicyclic amines) is 1.